The molecule has 2 aromatic rings. The number of ketones is 1. The van der Waals surface area contributed by atoms with Gasteiger partial charge in [-0.25, -0.2) is 0 Å². The van der Waals surface area contributed by atoms with Gasteiger partial charge in [-0.15, -0.1) is 0 Å². The van der Waals surface area contributed by atoms with Gasteiger partial charge in [0.1, 0.15) is 0 Å². The molecule has 0 fully saturated rings. The van der Waals surface area contributed by atoms with Gasteiger partial charge in [0.25, 0.3) is 5.91 Å². The lowest BCUT2D eigenvalue weighted by molar-refractivity contribution is -0.147. The van der Waals surface area contributed by atoms with E-state index < -0.39 is 18.5 Å². The van der Waals surface area contributed by atoms with Crippen molar-refractivity contribution in [3.05, 3.63) is 64.1 Å². The zero-order valence-corrected chi connectivity index (χ0v) is 14.6. The molecule has 0 aliphatic heterocycles. The monoisotopic (exact) mass is 379 g/mol. The first-order chi connectivity index (χ1) is 12.0. The molecule has 1 N–H and O–H groups in total. The van der Waals surface area contributed by atoms with Crippen LogP contribution in [-0.4, -0.2) is 24.3 Å². The van der Waals surface area contributed by atoms with Gasteiger partial charge in [-0.05, 0) is 12.1 Å². The summed E-state index contributed by atoms with van der Waals surface area (Å²) < 4.78 is 4.85. The van der Waals surface area contributed by atoms with Crippen molar-refractivity contribution in [2.24, 2.45) is 0 Å². The zero-order valence-electron chi connectivity index (χ0n) is 13.1. The highest BCUT2D eigenvalue weighted by atomic mass is 35.5. The van der Waals surface area contributed by atoms with E-state index in [4.69, 9.17) is 27.9 Å². The topological polar surface area (TPSA) is 72.5 Å². The fraction of sp³-hybridized carbons (Fsp3) is 0.167. The molecule has 25 heavy (non-hydrogen) atoms. The minimum Gasteiger partial charge on any atom is -0.456 e. The SMILES string of the molecule is O=C(COC(=O)CCC(=O)c1ccccc1)Nc1c(Cl)cccc1Cl. The van der Waals surface area contributed by atoms with E-state index in [1.165, 1.54) is 0 Å². The highest BCUT2D eigenvalue weighted by Gasteiger charge is 2.13. The lowest BCUT2D eigenvalue weighted by atomic mass is 10.1. The van der Waals surface area contributed by atoms with E-state index in [1.54, 1.807) is 48.5 Å². The van der Waals surface area contributed by atoms with Gasteiger partial charge < -0.3 is 10.1 Å². The second-order valence-electron chi connectivity index (χ2n) is 5.09. The number of nitrogens with one attached hydrogen (secondary N) is 1. The molecule has 0 radical (unpaired) electrons. The summed E-state index contributed by atoms with van der Waals surface area (Å²) >= 11 is 11.9. The molecule has 5 nitrogen and oxygen atoms in total. The van der Waals surface area contributed by atoms with Crippen molar-refractivity contribution in [3.8, 4) is 0 Å². The Morgan fingerprint density at radius 1 is 0.880 bits per heavy atom. The first-order valence-electron chi connectivity index (χ1n) is 7.45. The fourth-order valence-electron chi connectivity index (χ4n) is 1.99. The summed E-state index contributed by atoms with van der Waals surface area (Å²) in [5.74, 6) is -1.37. The Bertz CT molecular complexity index is 758. The number of anilines is 1. The van der Waals surface area contributed by atoms with Crippen LogP contribution in [0.4, 0.5) is 5.69 Å². The standard InChI is InChI=1S/C18H15Cl2NO4/c19-13-7-4-8-14(20)18(13)21-16(23)11-25-17(24)10-9-15(22)12-5-2-1-3-6-12/h1-8H,9-11H2,(H,21,23). The second-order valence-corrected chi connectivity index (χ2v) is 5.91. The van der Waals surface area contributed by atoms with Gasteiger partial charge >= 0.3 is 5.97 Å². The van der Waals surface area contributed by atoms with Gasteiger partial charge in [0.05, 0.1) is 22.2 Å². The molecule has 7 heteroatoms. The Balaban J connectivity index is 1.76. The largest absolute Gasteiger partial charge is 0.456 e. The Hall–Kier alpha value is -2.37. The summed E-state index contributed by atoms with van der Waals surface area (Å²) in [5, 5.41) is 3.03. The summed E-state index contributed by atoms with van der Waals surface area (Å²) in [6.07, 6.45) is -0.0886. The van der Waals surface area contributed by atoms with E-state index in [9.17, 15) is 14.4 Å². The number of amides is 1. The van der Waals surface area contributed by atoms with Crippen molar-refractivity contribution in [3.63, 3.8) is 0 Å². The van der Waals surface area contributed by atoms with Crippen LogP contribution in [0.2, 0.25) is 10.0 Å². The van der Waals surface area contributed by atoms with Crippen LogP contribution in [0.15, 0.2) is 48.5 Å². The molecule has 2 rings (SSSR count). The second kappa shape index (κ2) is 9.20. The van der Waals surface area contributed by atoms with Crippen LogP contribution in [0.25, 0.3) is 0 Å². The van der Waals surface area contributed by atoms with Crippen LogP contribution in [0.3, 0.4) is 0 Å². The van der Waals surface area contributed by atoms with Crippen LogP contribution in [0.5, 0.6) is 0 Å². The molecule has 0 aromatic heterocycles. The van der Waals surface area contributed by atoms with E-state index in [0.717, 1.165) is 0 Å². The van der Waals surface area contributed by atoms with Gasteiger partial charge in [0.2, 0.25) is 0 Å². The Labute approximate surface area is 154 Å². The number of carbonyl (C=O) groups is 3. The first kappa shape index (κ1) is 19.0. The number of carbonyl (C=O) groups excluding carboxylic acids is 3. The Morgan fingerprint density at radius 3 is 2.16 bits per heavy atom. The van der Waals surface area contributed by atoms with Gasteiger partial charge in [0, 0.05) is 12.0 Å². The molecular formula is C18H15Cl2NO4. The molecule has 130 valence electrons. The van der Waals surface area contributed by atoms with Crippen molar-refractivity contribution in [2.45, 2.75) is 12.8 Å². The van der Waals surface area contributed by atoms with Crippen LogP contribution >= 0.6 is 23.2 Å². The van der Waals surface area contributed by atoms with Crippen LogP contribution < -0.4 is 5.32 Å². The zero-order chi connectivity index (χ0) is 18.2. The number of hydrogen-bond donors (Lipinski definition) is 1. The number of esters is 1. The lowest BCUT2D eigenvalue weighted by Gasteiger charge is -2.09. The summed E-state index contributed by atoms with van der Waals surface area (Å²) in [5.41, 5.74) is 0.785. The molecule has 0 heterocycles. The van der Waals surface area contributed by atoms with Crippen molar-refractivity contribution in [2.75, 3.05) is 11.9 Å². The Kier molecular flexibility index (Phi) is 6.98. The minimum atomic E-state index is -0.635. The maximum Gasteiger partial charge on any atom is 0.306 e. The number of hydrogen-bond acceptors (Lipinski definition) is 4. The molecule has 0 saturated heterocycles. The van der Waals surface area contributed by atoms with E-state index in [1.807, 2.05) is 0 Å². The van der Waals surface area contributed by atoms with E-state index in [2.05, 4.69) is 5.32 Å². The van der Waals surface area contributed by atoms with Crippen molar-refractivity contribution in [1.82, 2.24) is 0 Å². The molecular weight excluding hydrogens is 365 g/mol. The van der Waals surface area contributed by atoms with Crippen molar-refractivity contribution < 1.29 is 19.1 Å². The van der Waals surface area contributed by atoms with Crippen LogP contribution in [0, 0.1) is 0 Å². The molecule has 0 bridgehead atoms. The summed E-state index contributed by atoms with van der Waals surface area (Å²) in [6, 6.07) is 13.4. The van der Waals surface area contributed by atoms with Gasteiger partial charge in [0.15, 0.2) is 12.4 Å². The Morgan fingerprint density at radius 2 is 1.52 bits per heavy atom. The molecule has 0 atom stereocenters. The third-order valence-electron chi connectivity index (χ3n) is 3.24. The van der Waals surface area contributed by atoms with Crippen LogP contribution in [-0.2, 0) is 14.3 Å². The van der Waals surface area contributed by atoms with E-state index >= 15 is 0 Å². The number of ether oxygens (including phenoxy) is 1. The third-order valence-corrected chi connectivity index (χ3v) is 3.87. The molecule has 2 aromatic carbocycles. The quantitative estimate of drug-likeness (QED) is 0.579. The van der Waals surface area contributed by atoms with Gasteiger partial charge in [-0.3, -0.25) is 14.4 Å². The van der Waals surface area contributed by atoms with Crippen molar-refractivity contribution >= 4 is 46.5 Å². The van der Waals surface area contributed by atoms with E-state index in [-0.39, 0.29) is 34.4 Å². The third kappa shape index (κ3) is 5.89. The average Bonchev–Trinajstić information content (AvgIpc) is 2.62. The van der Waals surface area contributed by atoms with Crippen LogP contribution in [0.1, 0.15) is 23.2 Å². The highest BCUT2D eigenvalue weighted by Crippen LogP contribution is 2.29. The number of Topliss-reactive ketones (excluding diaryl/α,β-unsaturated/α-hetero) is 1. The molecule has 0 aliphatic rings. The number of para-hydroxylation sites is 1. The predicted octanol–water partition coefficient (Wildman–Crippen LogP) is 4.14. The maximum absolute atomic E-state index is 11.9. The minimum absolute atomic E-state index is 0.0147. The maximum atomic E-state index is 11.9. The van der Waals surface area contributed by atoms with E-state index in [0.29, 0.717) is 5.56 Å². The van der Waals surface area contributed by atoms with Crippen molar-refractivity contribution in [1.29, 1.82) is 0 Å². The molecule has 0 unspecified atom stereocenters. The highest BCUT2D eigenvalue weighted by molar-refractivity contribution is 6.39. The first-order valence-corrected chi connectivity index (χ1v) is 8.20. The smallest absolute Gasteiger partial charge is 0.306 e. The number of rotatable bonds is 7. The predicted molar refractivity (Wildman–Crippen MR) is 96.1 cm³/mol. The normalized spacial score (nSPS) is 10.2. The van der Waals surface area contributed by atoms with Gasteiger partial charge in [-0.2, -0.15) is 0 Å². The molecule has 0 aliphatic carbocycles. The number of benzene rings is 2. The molecule has 0 spiro atoms. The summed E-state index contributed by atoms with van der Waals surface area (Å²) in [7, 11) is 0. The summed E-state index contributed by atoms with van der Waals surface area (Å²) in [6.45, 7) is -0.486. The molecule has 0 saturated carbocycles. The lowest BCUT2D eigenvalue weighted by Crippen LogP contribution is -2.21. The van der Waals surface area contributed by atoms with Gasteiger partial charge in [-0.1, -0.05) is 59.6 Å². The number of halogens is 2. The fourth-order valence-corrected chi connectivity index (χ4v) is 2.49. The molecule has 1 amide bonds. The summed E-state index contributed by atoms with van der Waals surface area (Å²) in [4.78, 5) is 35.4. The average molecular weight is 380 g/mol.